The number of hydrogen-bond donors (Lipinski definition) is 2. The molecule has 0 aliphatic heterocycles. The molecule has 8 heteroatoms. The topological polar surface area (TPSA) is 111 Å². The Kier molecular flexibility index (Phi) is 4.20. The zero-order valence-electron chi connectivity index (χ0n) is 10.9. The fourth-order valence-corrected chi connectivity index (χ4v) is 2.19. The first-order chi connectivity index (χ1) is 9.86. The number of pyridine rings is 1. The molecule has 0 aliphatic rings. The van der Waals surface area contributed by atoms with Gasteiger partial charge in [-0.05, 0) is 30.3 Å². The van der Waals surface area contributed by atoms with E-state index in [2.05, 4.69) is 5.32 Å². The van der Waals surface area contributed by atoms with E-state index in [0.29, 0.717) is 5.69 Å². The third kappa shape index (κ3) is 4.01. The molecule has 3 N–H and O–H groups in total. The second-order valence-electron chi connectivity index (χ2n) is 4.28. The van der Waals surface area contributed by atoms with Crippen LogP contribution in [0.15, 0.2) is 58.4 Å². The number of amides is 1. The van der Waals surface area contributed by atoms with E-state index in [4.69, 9.17) is 5.14 Å². The molecule has 0 spiro atoms. The minimum absolute atomic E-state index is 0.0419. The van der Waals surface area contributed by atoms with Gasteiger partial charge in [0.1, 0.15) is 6.54 Å². The third-order valence-electron chi connectivity index (χ3n) is 2.68. The van der Waals surface area contributed by atoms with E-state index < -0.39 is 15.9 Å². The Labute approximate surface area is 121 Å². The number of nitrogens with two attached hydrogens (primary N) is 1. The van der Waals surface area contributed by atoms with Crippen molar-refractivity contribution in [3.8, 4) is 0 Å². The molecule has 0 saturated heterocycles. The van der Waals surface area contributed by atoms with Crippen LogP contribution in [0.3, 0.4) is 0 Å². The van der Waals surface area contributed by atoms with Crippen molar-refractivity contribution in [1.82, 2.24) is 4.57 Å². The zero-order chi connectivity index (χ0) is 15.5. The summed E-state index contributed by atoms with van der Waals surface area (Å²) in [6.45, 7) is -0.128. The molecule has 1 aromatic carbocycles. The molecular weight excluding hydrogens is 294 g/mol. The standard InChI is InChI=1S/C13H13N3O4S/c14-21(19,20)11-6-4-10(5-7-11)15-12(17)9-16-8-2-1-3-13(16)18/h1-8H,9H2,(H,15,17)(H2,14,19,20). The fourth-order valence-electron chi connectivity index (χ4n) is 1.67. The number of primary sulfonamides is 1. The number of carbonyl (C=O) groups excluding carboxylic acids is 1. The molecule has 0 saturated carbocycles. The highest BCUT2D eigenvalue weighted by Crippen LogP contribution is 2.12. The van der Waals surface area contributed by atoms with Gasteiger partial charge in [-0.1, -0.05) is 6.07 Å². The Bertz CT molecular complexity index is 810. The third-order valence-corrected chi connectivity index (χ3v) is 3.61. The number of rotatable bonds is 4. The van der Waals surface area contributed by atoms with Gasteiger partial charge in [-0.15, -0.1) is 0 Å². The van der Waals surface area contributed by atoms with Crippen molar-refractivity contribution in [3.05, 3.63) is 59.0 Å². The van der Waals surface area contributed by atoms with Gasteiger partial charge in [0.25, 0.3) is 5.56 Å². The van der Waals surface area contributed by atoms with E-state index >= 15 is 0 Å². The molecule has 0 bridgehead atoms. The number of benzene rings is 1. The van der Waals surface area contributed by atoms with E-state index in [1.165, 1.54) is 41.1 Å². The molecule has 0 fully saturated rings. The molecule has 1 aromatic heterocycles. The van der Waals surface area contributed by atoms with Crippen LogP contribution in [0.5, 0.6) is 0 Å². The average molecular weight is 307 g/mol. The highest BCUT2D eigenvalue weighted by atomic mass is 32.2. The number of nitrogens with one attached hydrogen (secondary N) is 1. The summed E-state index contributed by atoms with van der Waals surface area (Å²) in [4.78, 5) is 23.2. The van der Waals surface area contributed by atoms with Gasteiger partial charge in [0.2, 0.25) is 15.9 Å². The van der Waals surface area contributed by atoms with Gasteiger partial charge in [0, 0.05) is 18.0 Å². The molecular formula is C13H13N3O4S. The molecule has 1 amide bonds. The summed E-state index contributed by atoms with van der Waals surface area (Å²) in [6.07, 6.45) is 1.51. The van der Waals surface area contributed by atoms with Crippen LogP contribution in [-0.2, 0) is 21.4 Å². The summed E-state index contributed by atoms with van der Waals surface area (Å²) in [5.41, 5.74) is 0.133. The minimum atomic E-state index is -3.76. The van der Waals surface area contributed by atoms with Gasteiger partial charge >= 0.3 is 0 Å². The fraction of sp³-hybridized carbons (Fsp3) is 0.0769. The van der Waals surface area contributed by atoms with Gasteiger partial charge in [-0.25, -0.2) is 13.6 Å². The van der Waals surface area contributed by atoms with Crippen molar-refractivity contribution in [2.75, 3.05) is 5.32 Å². The molecule has 2 aromatic rings. The van der Waals surface area contributed by atoms with Crippen molar-refractivity contribution in [2.45, 2.75) is 11.4 Å². The monoisotopic (exact) mass is 307 g/mol. The molecule has 0 unspecified atom stereocenters. The number of hydrogen-bond acceptors (Lipinski definition) is 4. The first kappa shape index (κ1) is 14.9. The van der Waals surface area contributed by atoms with E-state index in [1.54, 1.807) is 12.1 Å². The lowest BCUT2D eigenvalue weighted by Crippen LogP contribution is -2.26. The summed E-state index contributed by atoms with van der Waals surface area (Å²) in [5.74, 6) is -0.397. The van der Waals surface area contributed by atoms with Crippen LogP contribution in [-0.4, -0.2) is 18.9 Å². The maximum Gasteiger partial charge on any atom is 0.250 e. The van der Waals surface area contributed by atoms with Gasteiger partial charge in [-0.3, -0.25) is 9.59 Å². The molecule has 0 atom stereocenters. The van der Waals surface area contributed by atoms with Gasteiger partial charge in [0.05, 0.1) is 4.90 Å². The maximum absolute atomic E-state index is 11.8. The number of sulfonamides is 1. The van der Waals surface area contributed by atoms with Crippen molar-refractivity contribution >= 4 is 21.6 Å². The first-order valence-electron chi connectivity index (χ1n) is 5.94. The summed E-state index contributed by atoms with van der Waals surface area (Å²) < 4.78 is 23.5. The summed E-state index contributed by atoms with van der Waals surface area (Å²) in [7, 11) is -3.76. The maximum atomic E-state index is 11.8. The molecule has 0 aliphatic carbocycles. The summed E-state index contributed by atoms with van der Waals surface area (Å²) in [5, 5.41) is 7.54. The van der Waals surface area contributed by atoms with Crippen LogP contribution in [0.25, 0.3) is 0 Å². The SMILES string of the molecule is NS(=O)(=O)c1ccc(NC(=O)Cn2ccccc2=O)cc1. The molecule has 0 radical (unpaired) electrons. The lowest BCUT2D eigenvalue weighted by Gasteiger charge is -2.07. The zero-order valence-corrected chi connectivity index (χ0v) is 11.7. The second kappa shape index (κ2) is 5.90. The van der Waals surface area contributed by atoms with Crippen LogP contribution in [0.2, 0.25) is 0 Å². The predicted octanol–water partition coefficient (Wildman–Crippen LogP) is 0.134. The van der Waals surface area contributed by atoms with Gasteiger partial charge < -0.3 is 9.88 Å². The van der Waals surface area contributed by atoms with Gasteiger partial charge in [0.15, 0.2) is 0 Å². The number of nitrogens with zero attached hydrogens (tertiary/aromatic N) is 1. The molecule has 21 heavy (non-hydrogen) atoms. The molecule has 1 heterocycles. The van der Waals surface area contributed by atoms with E-state index in [9.17, 15) is 18.0 Å². The Morgan fingerprint density at radius 1 is 1.14 bits per heavy atom. The summed E-state index contributed by atoms with van der Waals surface area (Å²) in [6, 6.07) is 10.0. The number of aromatic nitrogens is 1. The van der Waals surface area contributed by atoms with Gasteiger partial charge in [-0.2, -0.15) is 0 Å². The largest absolute Gasteiger partial charge is 0.325 e. The predicted molar refractivity (Wildman–Crippen MR) is 77.1 cm³/mol. The van der Waals surface area contributed by atoms with Crippen molar-refractivity contribution in [1.29, 1.82) is 0 Å². The van der Waals surface area contributed by atoms with Crippen LogP contribution in [0.1, 0.15) is 0 Å². The molecule has 110 valence electrons. The minimum Gasteiger partial charge on any atom is -0.325 e. The van der Waals surface area contributed by atoms with Crippen molar-refractivity contribution in [3.63, 3.8) is 0 Å². The van der Waals surface area contributed by atoms with Crippen LogP contribution >= 0.6 is 0 Å². The van der Waals surface area contributed by atoms with Crippen molar-refractivity contribution < 1.29 is 13.2 Å². The van der Waals surface area contributed by atoms with Crippen LogP contribution < -0.4 is 16.0 Å². The van der Waals surface area contributed by atoms with E-state index in [-0.39, 0.29) is 17.0 Å². The van der Waals surface area contributed by atoms with Crippen LogP contribution in [0, 0.1) is 0 Å². The second-order valence-corrected chi connectivity index (χ2v) is 5.85. The smallest absolute Gasteiger partial charge is 0.250 e. The lowest BCUT2D eigenvalue weighted by molar-refractivity contribution is -0.116. The van der Waals surface area contributed by atoms with Crippen molar-refractivity contribution in [2.24, 2.45) is 5.14 Å². The number of carbonyl (C=O) groups is 1. The quantitative estimate of drug-likeness (QED) is 0.836. The molecule has 7 nitrogen and oxygen atoms in total. The Morgan fingerprint density at radius 3 is 2.38 bits per heavy atom. The normalized spacial score (nSPS) is 11.1. The van der Waals surface area contributed by atoms with E-state index in [1.807, 2.05) is 0 Å². The lowest BCUT2D eigenvalue weighted by atomic mass is 10.3. The Hall–Kier alpha value is -2.45. The summed E-state index contributed by atoms with van der Waals surface area (Å²) >= 11 is 0. The first-order valence-corrected chi connectivity index (χ1v) is 7.49. The molecule has 2 rings (SSSR count). The van der Waals surface area contributed by atoms with Crippen LogP contribution in [0.4, 0.5) is 5.69 Å². The highest BCUT2D eigenvalue weighted by Gasteiger charge is 2.08. The Balaban J connectivity index is 2.07. The number of anilines is 1. The van der Waals surface area contributed by atoms with E-state index in [0.717, 1.165) is 0 Å². The Morgan fingerprint density at radius 2 is 1.81 bits per heavy atom. The highest BCUT2D eigenvalue weighted by molar-refractivity contribution is 7.89. The average Bonchev–Trinajstić information content (AvgIpc) is 2.41.